The number of hydrogen-bond acceptors (Lipinski definition) is 6. The van der Waals surface area contributed by atoms with Gasteiger partial charge in [0.2, 0.25) is 0 Å². The molecule has 106 valence electrons. The van der Waals surface area contributed by atoms with E-state index in [1.54, 1.807) is 0 Å². The lowest BCUT2D eigenvalue weighted by Gasteiger charge is -2.03. The summed E-state index contributed by atoms with van der Waals surface area (Å²) in [6, 6.07) is 3.58. The minimum absolute atomic E-state index is 0.104. The third-order valence-electron chi connectivity index (χ3n) is 2.64. The van der Waals surface area contributed by atoms with Gasteiger partial charge < -0.3 is 15.2 Å². The molecular formula is C10H9ClN4O5. The van der Waals surface area contributed by atoms with Crippen molar-refractivity contribution in [2.24, 2.45) is 0 Å². The number of rotatable bonds is 5. The molecule has 0 unspecified atom stereocenters. The number of non-ortho nitro benzene ring substituents is 1. The molecule has 10 heteroatoms. The van der Waals surface area contributed by atoms with Crippen LogP contribution in [-0.4, -0.2) is 36.7 Å². The molecule has 0 radical (unpaired) electrons. The van der Waals surface area contributed by atoms with Crippen LogP contribution in [0.5, 0.6) is 0 Å². The number of aromatic nitrogens is 2. The Kier molecular flexibility index (Phi) is 3.81. The van der Waals surface area contributed by atoms with Gasteiger partial charge in [-0.15, -0.1) is 16.3 Å². The predicted molar refractivity (Wildman–Crippen MR) is 69.8 cm³/mol. The van der Waals surface area contributed by atoms with Crippen LogP contribution in [0, 0.1) is 20.2 Å². The van der Waals surface area contributed by atoms with Gasteiger partial charge in [-0.2, -0.15) is 0 Å². The van der Waals surface area contributed by atoms with Gasteiger partial charge >= 0.3 is 5.82 Å². The van der Waals surface area contributed by atoms with Crippen LogP contribution in [0.2, 0.25) is 0 Å². The predicted octanol–water partition coefficient (Wildman–Crippen LogP) is 1.45. The molecule has 0 amide bonds. The number of fused-ring (bicyclic) bond motifs is 1. The van der Waals surface area contributed by atoms with E-state index in [0.29, 0.717) is 0 Å². The molecule has 0 fully saturated rings. The molecule has 9 nitrogen and oxygen atoms in total. The summed E-state index contributed by atoms with van der Waals surface area (Å²) >= 11 is 5.45. The summed E-state index contributed by atoms with van der Waals surface area (Å²) in [6.07, 6.45) is -1.00. The maximum absolute atomic E-state index is 11.1. The Bertz CT molecular complexity index is 686. The molecule has 2 rings (SSSR count). The van der Waals surface area contributed by atoms with E-state index in [1.165, 1.54) is 12.1 Å². The average molecular weight is 301 g/mol. The van der Waals surface area contributed by atoms with E-state index < -0.39 is 16.0 Å². The fraction of sp³-hybridized carbons (Fsp3) is 0.300. The SMILES string of the molecule is O=[N+]([O-])c1ccc2c([N+](=O)[O-])n(C[C@H](O)CCl)nc2c1. The van der Waals surface area contributed by atoms with Crippen molar-refractivity contribution >= 4 is 34.0 Å². The van der Waals surface area contributed by atoms with E-state index in [9.17, 15) is 25.3 Å². The number of aliphatic hydroxyl groups excluding tert-OH is 1. The monoisotopic (exact) mass is 300 g/mol. The minimum Gasteiger partial charge on any atom is -0.388 e. The van der Waals surface area contributed by atoms with Crippen LogP contribution in [0.3, 0.4) is 0 Å². The van der Waals surface area contributed by atoms with E-state index in [1.807, 2.05) is 0 Å². The van der Waals surface area contributed by atoms with Crippen LogP contribution in [0.25, 0.3) is 10.9 Å². The molecule has 0 spiro atoms. The molecule has 1 atom stereocenters. The molecule has 1 aromatic carbocycles. The lowest BCUT2D eigenvalue weighted by atomic mass is 10.2. The summed E-state index contributed by atoms with van der Waals surface area (Å²) in [6.45, 7) is -0.164. The first-order valence-electron chi connectivity index (χ1n) is 5.47. The van der Waals surface area contributed by atoms with Gasteiger partial charge in [-0.1, -0.05) is 5.10 Å². The van der Waals surface area contributed by atoms with Gasteiger partial charge in [-0.3, -0.25) is 10.1 Å². The van der Waals surface area contributed by atoms with Crippen LogP contribution in [0.1, 0.15) is 0 Å². The number of aliphatic hydroxyl groups is 1. The molecule has 0 aliphatic rings. The molecule has 1 N–H and O–H groups in total. The van der Waals surface area contributed by atoms with Crippen molar-refractivity contribution in [1.29, 1.82) is 0 Å². The highest BCUT2D eigenvalue weighted by Gasteiger charge is 2.25. The van der Waals surface area contributed by atoms with Crippen LogP contribution >= 0.6 is 11.6 Å². The normalized spacial score (nSPS) is 12.5. The van der Waals surface area contributed by atoms with Crippen molar-refractivity contribution < 1.29 is 15.0 Å². The molecule has 20 heavy (non-hydrogen) atoms. The van der Waals surface area contributed by atoms with E-state index in [0.717, 1.165) is 10.7 Å². The van der Waals surface area contributed by atoms with E-state index in [4.69, 9.17) is 11.6 Å². The van der Waals surface area contributed by atoms with Crippen molar-refractivity contribution in [3.05, 3.63) is 38.4 Å². The smallest absolute Gasteiger partial charge is 0.352 e. The number of nitro benzene ring substituents is 1. The number of alkyl halides is 1. The Morgan fingerprint density at radius 1 is 1.35 bits per heavy atom. The lowest BCUT2D eigenvalue weighted by molar-refractivity contribution is -0.391. The number of nitrogens with zero attached hydrogens (tertiary/aromatic N) is 4. The second-order valence-corrected chi connectivity index (χ2v) is 4.34. The molecule has 1 heterocycles. The Morgan fingerprint density at radius 3 is 2.60 bits per heavy atom. The first-order chi connectivity index (χ1) is 9.43. The fourth-order valence-corrected chi connectivity index (χ4v) is 1.89. The summed E-state index contributed by atoms with van der Waals surface area (Å²) in [5.74, 6) is -0.438. The van der Waals surface area contributed by atoms with Gasteiger partial charge in [0.05, 0.1) is 10.8 Å². The summed E-state index contributed by atoms with van der Waals surface area (Å²) in [4.78, 5) is 20.5. The standard InChI is InChI=1S/C10H9ClN4O5/c11-4-7(16)5-13-10(15(19)20)8-2-1-6(14(17)18)3-9(8)12-13/h1-3,7,16H,4-5H2/t7-/m1/s1. The second kappa shape index (κ2) is 5.39. The zero-order chi connectivity index (χ0) is 14.9. The number of hydrogen-bond donors (Lipinski definition) is 1. The first-order valence-corrected chi connectivity index (χ1v) is 6.01. The number of benzene rings is 1. The molecule has 0 saturated carbocycles. The second-order valence-electron chi connectivity index (χ2n) is 4.03. The van der Waals surface area contributed by atoms with Crippen molar-refractivity contribution in [1.82, 2.24) is 9.78 Å². The van der Waals surface area contributed by atoms with Gasteiger partial charge in [0.1, 0.15) is 23.6 Å². The van der Waals surface area contributed by atoms with Gasteiger partial charge in [-0.25, -0.2) is 0 Å². The molecule has 0 aliphatic carbocycles. The highest BCUT2D eigenvalue weighted by Crippen LogP contribution is 2.28. The van der Waals surface area contributed by atoms with Crippen LogP contribution in [0.4, 0.5) is 11.5 Å². The van der Waals surface area contributed by atoms with Crippen molar-refractivity contribution in [2.45, 2.75) is 12.6 Å². The molecular weight excluding hydrogens is 292 g/mol. The van der Waals surface area contributed by atoms with Gasteiger partial charge in [0, 0.05) is 12.1 Å². The van der Waals surface area contributed by atoms with Gasteiger partial charge in [0.25, 0.3) is 5.69 Å². The largest absolute Gasteiger partial charge is 0.388 e. The van der Waals surface area contributed by atoms with Gasteiger partial charge in [0.15, 0.2) is 0 Å². The number of halogens is 1. The van der Waals surface area contributed by atoms with Gasteiger partial charge in [-0.05, 0) is 11.0 Å². The average Bonchev–Trinajstić information content (AvgIpc) is 2.74. The molecule has 0 bridgehead atoms. The van der Waals surface area contributed by atoms with E-state index in [2.05, 4.69) is 5.10 Å². The Morgan fingerprint density at radius 2 is 2.05 bits per heavy atom. The fourth-order valence-electron chi connectivity index (χ4n) is 1.79. The highest BCUT2D eigenvalue weighted by molar-refractivity contribution is 6.18. The highest BCUT2D eigenvalue weighted by atomic mass is 35.5. The quantitative estimate of drug-likeness (QED) is 0.506. The van der Waals surface area contributed by atoms with Crippen molar-refractivity contribution in [3.8, 4) is 0 Å². The first kappa shape index (κ1) is 14.2. The molecule has 1 aromatic heterocycles. The van der Waals surface area contributed by atoms with Crippen molar-refractivity contribution in [3.63, 3.8) is 0 Å². The van der Waals surface area contributed by atoms with Crippen LogP contribution < -0.4 is 0 Å². The van der Waals surface area contributed by atoms with Crippen molar-refractivity contribution in [2.75, 3.05) is 5.88 Å². The topological polar surface area (TPSA) is 124 Å². The van der Waals surface area contributed by atoms with E-state index in [-0.39, 0.29) is 34.8 Å². The molecule has 0 saturated heterocycles. The Hall–Kier alpha value is -2.26. The summed E-state index contributed by atoms with van der Waals surface area (Å²) in [5, 5.41) is 35.3. The molecule has 2 aromatic rings. The summed E-state index contributed by atoms with van der Waals surface area (Å²) in [5.41, 5.74) is -0.0948. The Balaban J connectivity index is 2.59. The number of nitro groups is 2. The van der Waals surface area contributed by atoms with E-state index >= 15 is 0 Å². The van der Waals surface area contributed by atoms with Crippen LogP contribution in [0.15, 0.2) is 18.2 Å². The lowest BCUT2D eigenvalue weighted by Crippen LogP contribution is -2.19. The summed E-state index contributed by atoms with van der Waals surface area (Å²) < 4.78 is 0.988. The molecule has 0 aliphatic heterocycles. The Labute approximate surface area is 116 Å². The summed E-state index contributed by atoms with van der Waals surface area (Å²) in [7, 11) is 0. The third kappa shape index (κ3) is 2.53. The minimum atomic E-state index is -1.00. The maximum atomic E-state index is 11.1. The maximum Gasteiger partial charge on any atom is 0.352 e. The zero-order valence-corrected chi connectivity index (χ0v) is 10.7. The van der Waals surface area contributed by atoms with Crippen LogP contribution in [-0.2, 0) is 6.54 Å². The third-order valence-corrected chi connectivity index (χ3v) is 3.00. The zero-order valence-electron chi connectivity index (χ0n) is 9.97.